The molecule has 0 saturated carbocycles. The van der Waals surface area contributed by atoms with Crippen molar-refractivity contribution in [3.8, 4) is 0 Å². The number of nitrogens with two attached hydrogens (primary N) is 1. The first-order chi connectivity index (χ1) is 7.24. The zero-order chi connectivity index (χ0) is 11.1. The summed E-state index contributed by atoms with van der Waals surface area (Å²) in [5, 5.41) is 6.13. The number of aromatic nitrogens is 2. The van der Waals surface area contributed by atoms with Gasteiger partial charge < -0.3 is 20.3 Å². The first-order valence-electron chi connectivity index (χ1n) is 4.51. The van der Waals surface area contributed by atoms with Gasteiger partial charge in [0.2, 0.25) is 12.3 Å². The molecule has 1 amide bonds. The van der Waals surface area contributed by atoms with E-state index in [0.717, 1.165) is 0 Å². The Morgan fingerprint density at radius 2 is 2.60 bits per heavy atom. The Morgan fingerprint density at radius 1 is 1.80 bits per heavy atom. The van der Waals surface area contributed by atoms with Crippen molar-refractivity contribution in [2.24, 2.45) is 5.73 Å². The van der Waals surface area contributed by atoms with E-state index in [1.165, 1.54) is 6.39 Å². The molecule has 7 heteroatoms. The number of methoxy groups -OCH3 is 1. The van der Waals surface area contributed by atoms with Crippen LogP contribution in [-0.4, -0.2) is 35.8 Å². The second kappa shape index (κ2) is 6.10. The highest BCUT2D eigenvalue weighted by molar-refractivity contribution is 5.81. The highest BCUT2D eigenvalue weighted by Crippen LogP contribution is 1.91. The smallest absolute Gasteiger partial charge is 0.237 e. The lowest BCUT2D eigenvalue weighted by molar-refractivity contribution is -0.122. The number of rotatable bonds is 6. The summed E-state index contributed by atoms with van der Waals surface area (Å²) in [7, 11) is 1.56. The molecule has 84 valence electrons. The van der Waals surface area contributed by atoms with Crippen LogP contribution in [0, 0.1) is 0 Å². The molecule has 1 aromatic rings. The topological polar surface area (TPSA) is 103 Å². The molecule has 0 aliphatic rings. The van der Waals surface area contributed by atoms with E-state index >= 15 is 0 Å². The molecule has 0 bridgehead atoms. The predicted molar refractivity (Wildman–Crippen MR) is 50.6 cm³/mol. The SMILES string of the molecule is COCCC(N)C(=O)NCc1ncon1. The summed E-state index contributed by atoms with van der Waals surface area (Å²) in [5.74, 6) is 0.166. The summed E-state index contributed by atoms with van der Waals surface area (Å²) in [4.78, 5) is 15.1. The first-order valence-corrected chi connectivity index (χ1v) is 4.51. The quantitative estimate of drug-likeness (QED) is 0.632. The highest BCUT2D eigenvalue weighted by Gasteiger charge is 2.13. The molecule has 0 aliphatic carbocycles. The van der Waals surface area contributed by atoms with E-state index in [1.807, 2.05) is 0 Å². The molecular weight excluding hydrogens is 200 g/mol. The van der Waals surface area contributed by atoms with Crippen LogP contribution in [0.2, 0.25) is 0 Å². The summed E-state index contributed by atoms with van der Waals surface area (Å²) < 4.78 is 9.32. The average Bonchev–Trinajstić information content (AvgIpc) is 2.75. The van der Waals surface area contributed by atoms with Gasteiger partial charge in [-0.1, -0.05) is 5.16 Å². The Labute approximate surface area is 87.0 Å². The Bertz CT molecular complexity index is 288. The van der Waals surface area contributed by atoms with Gasteiger partial charge >= 0.3 is 0 Å². The van der Waals surface area contributed by atoms with Crippen LogP contribution in [0.25, 0.3) is 0 Å². The predicted octanol–water partition coefficient (Wildman–Crippen LogP) is -0.950. The maximum atomic E-state index is 11.4. The van der Waals surface area contributed by atoms with Crippen molar-refractivity contribution in [3.05, 3.63) is 12.2 Å². The van der Waals surface area contributed by atoms with E-state index < -0.39 is 6.04 Å². The Balaban J connectivity index is 2.23. The van der Waals surface area contributed by atoms with Crippen molar-refractivity contribution >= 4 is 5.91 Å². The number of ether oxygens (including phenoxy) is 1. The minimum atomic E-state index is -0.572. The lowest BCUT2D eigenvalue weighted by Gasteiger charge is -2.10. The van der Waals surface area contributed by atoms with Crippen molar-refractivity contribution in [2.75, 3.05) is 13.7 Å². The van der Waals surface area contributed by atoms with Crippen molar-refractivity contribution in [1.82, 2.24) is 15.5 Å². The number of carbonyl (C=O) groups is 1. The summed E-state index contributed by atoms with van der Waals surface area (Å²) in [6, 6.07) is -0.572. The molecule has 0 fully saturated rings. The van der Waals surface area contributed by atoms with Crippen LogP contribution in [-0.2, 0) is 16.1 Å². The van der Waals surface area contributed by atoms with Crippen LogP contribution in [0.5, 0.6) is 0 Å². The third-order valence-corrected chi connectivity index (χ3v) is 1.80. The standard InChI is InChI=1S/C8H14N4O3/c1-14-3-2-6(9)8(13)10-4-7-11-5-15-12-7/h5-6H,2-4,9H2,1H3,(H,10,13). The molecule has 0 spiro atoms. The number of nitrogens with zero attached hydrogens (tertiary/aromatic N) is 2. The summed E-state index contributed by atoms with van der Waals surface area (Å²) >= 11 is 0. The first kappa shape index (κ1) is 11.6. The second-order valence-electron chi connectivity index (χ2n) is 2.95. The van der Waals surface area contributed by atoms with Crippen molar-refractivity contribution < 1.29 is 14.1 Å². The molecule has 0 saturated heterocycles. The Morgan fingerprint density at radius 3 is 3.20 bits per heavy atom. The van der Waals surface area contributed by atoms with Gasteiger partial charge in [0, 0.05) is 13.7 Å². The van der Waals surface area contributed by atoms with Gasteiger partial charge in [0.05, 0.1) is 12.6 Å². The van der Waals surface area contributed by atoms with E-state index in [-0.39, 0.29) is 12.5 Å². The molecule has 0 radical (unpaired) electrons. The Hall–Kier alpha value is -1.47. The maximum absolute atomic E-state index is 11.4. The van der Waals surface area contributed by atoms with Gasteiger partial charge in [0.25, 0.3) is 0 Å². The zero-order valence-corrected chi connectivity index (χ0v) is 8.47. The summed E-state index contributed by atoms with van der Waals surface area (Å²) in [5.41, 5.74) is 5.59. The molecule has 1 heterocycles. The molecule has 7 nitrogen and oxygen atoms in total. The van der Waals surface area contributed by atoms with E-state index in [9.17, 15) is 4.79 Å². The molecule has 1 atom stereocenters. The van der Waals surface area contributed by atoms with E-state index in [4.69, 9.17) is 10.5 Å². The van der Waals surface area contributed by atoms with Crippen molar-refractivity contribution in [3.63, 3.8) is 0 Å². The lowest BCUT2D eigenvalue weighted by Crippen LogP contribution is -2.41. The van der Waals surface area contributed by atoms with Crippen LogP contribution >= 0.6 is 0 Å². The van der Waals surface area contributed by atoms with Crippen molar-refractivity contribution in [2.45, 2.75) is 19.0 Å². The molecule has 1 rings (SSSR count). The van der Waals surface area contributed by atoms with E-state index in [0.29, 0.717) is 18.9 Å². The molecule has 0 aromatic carbocycles. The average molecular weight is 214 g/mol. The molecular formula is C8H14N4O3. The fourth-order valence-corrected chi connectivity index (χ4v) is 0.943. The lowest BCUT2D eigenvalue weighted by atomic mass is 10.2. The van der Waals surface area contributed by atoms with Crippen LogP contribution in [0.15, 0.2) is 10.9 Å². The zero-order valence-electron chi connectivity index (χ0n) is 8.47. The minimum absolute atomic E-state index is 0.218. The van der Waals surface area contributed by atoms with Gasteiger partial charge in [-0.25, -0.2) is 0 Å². The number of amides is 1. The van der Waals surface area contributed by atoms with E-state index in [1.54, 1.807) is 7.11 Å². The number of hydrogen-bond donors (Lipinski definition) is 2. The maximum Gasteiger partial charge on any atom is 0.237 e. The van der Waals surface area contributed by atoms with Gasteiger partial charge in [-0.3, -0.25) is 4.79 Å². The van der Waals surface area contributed by atoms with Gasteiger partial charge in [-0.05, 0) is 6.42 Å². The highest BCUT2D eigenvalue weighted by atomic mass is 16.5. The largest absolute Gasteiger partial charge is 0.385 e. The number of carbonyl (C=O) groups excluding carboxylic acids is 1. The molecule has 1 unspecified atom stereocenters. The van der Waals surface area contributed by atoms with Gasteiger partial charge in [0.15, 0.2) is 5.82 Å². The summed E-state index contributed by atoms with van der Waals surface area (Å²) in [6.07, 6.45) is 1.68. The third-order valence-electron chi connectivity index (χ3n) is 1.80. The van der Waals surface area contributed by atoms with Crippen LogP contribution in [0.4, 0.5) is 0 Å². The molecule has 1 aromatic heterocycles. The van der Waals surface area contributed by atoms with Gasteiger partial charge in [-0.2, -0.15) is 4.98 Å². The fraction of sp³-hybridized carbons (Fsp3) is 0.625. The van der Waals surface area contributed by atoms with Gasteiger partial charge in [-0.15, -0.1) is 0 Å². The number of hydrogen-bond acceptors (Lipinski definition) is 6. The fourth-order valence-electron chi connectivity index (χ4n) is 0.943. The van der Waals surface area contributed by atoms with Gasteiger partial charge in [0.1, 0.15) is 0 Å². The van der Waals surface area contributed by atoms with Crippen molar-refractivity contribution in [1.29, 1.82) is 0 Å². The van der Waals surface area contributed by atoms with Crippen LogP contribution in [0.3, 0.4) is 0 Å². The number of nitrogens with one attached hydrogen (secondary N) is 1. The Kier molecular flexibility index (Phi) is 4.72. The molecule has 3 N–H and O–H groups in total. The second-order valence-corrected chi connectivity index (χ2v) is 2.95. The third kappa shape index (κ3) is 4.05. The minimum Gasteiger partial charge on any atom is -0.385 e. The summed E-state index contributed by atoms with van der Waals surface area (Å²) in [6.45, 7) is 0.673. The molecule has 0 aliphatic heterocycles. The van der Waals surface area contributed by atoms with E-state index in [2.05, 4.69) is 20.0 Å². The molecule has 15 heavy (non-hydrogen) atoms. The van der Waals surface area contributed by atoms with Crippen LogP contribution < -0.4 is 11.1 Å². The monoisotopic (exact) mass is 214 g/mol. The normalized spacial score (nSPS) is 12.4. The van der Waals surface area contributed by atoms with Crippen LogP contribution in [0.1, 0.15) is 12.2 Å².